The molecular weight excluding hydrogens is 378 g/mol. The van der Waals surface area contributed by atoms with Crippen LogP contribution in [0.5, 0.6) is 11.5 Å². The van der Waals surface area contributed by atoms with Gasteiger partial charge in [0.25, 0.3) is 0 Å². The highest BCUT2D eigenvalue weighted by Gasteiger charge is 2.34. The van der Waals surface area contributed by atoms with Crippen LogP contribution in [0.1, 0.15) is 52.2 Å². The van der Waals surface area contributed by atoms with Gasteiger partial charge in [0.05, 0.1) is 6.61 Å². The normalized spacial score (nSPS) is 17.9. The van der Waals surface area contributed by atoms with E-state index in [2.05, 4.69) is 12.1 Å². The first-order valence-corrected chi connectivity index (χ1v) is 10.8. The molecule has 0 aliphatic carbocycles. The van der Waals surface area contributed by atoms with Crippen molar-refractivity contribution in [2.75, 3.05) is 19.7 Å². The summed E-state index contributed by atoms with van der Waals surface area (Å²) in [4.78, 5) is 14.5. The maximum absolute atomic E-state index is 12.7. The molecule has 1 unspecified atom stereocenters. The summed E-state index contributed by atoms with van der Waals surface area (Å²) < 4.78 is 17.9. The van der Waals surface area contributed by atoms with Gasteiger partial charge in [-0.15, -0.1) is 0 Å². The highest BCUT2D eigenvalue weighted by atomic mass is 16.6. The molecule has 2 aromatic carbocycles. The summed E-state index contributed by atoms with van der Waals surface area (Å²) in [6.07, 6.45) is 1.46. The molecule has 0 radical (unpaired) electrons. The van der Waals surface area contributed by atoms with Gasteiger partial charge in [0.1, 0.15) is 11.7 Å². The van der Waals surface area contributed by atoms with Crippen LogP contribution in [0, 0.1) is 5.92 Å². The Bertz CT molecular complexity index is 815. The Balaban J connectivity index is 1.83. The van der Waals surface area contributed by atoms with E-state index in [0.29, 0.717) is 19.7 Å². The highest BCUT2D eigenvalue weighted by molar-refractivity contribution is 5.68. The third kappa shape index (κ3) is 5.91. The number of para-hydroxylation sites is 2. The van der Waals surface area contributed by atoms with Crippen molar-refractivity contribution in [1.82, 2.24) is 4.90 Å². The molecular formula is C25H33NO4. The lowest BCUT2D eigenvalue weighted by Gasteiger charge is -2.37. The van der Waals surface area contributed by atoms with E-state index in [4.69, 9.17) is 14.2 Å². The lowest BCUT2D eigenvalue weighted by molar-refractivity contribution is 0.00553. The molecule has 162 valence electrons. The van der Waals surface area contributed by atoms with Crippen LogP contribution in [-0.4, -0.2) is 36.3 Å². The van der Waals surface area contributed by atoms with E-state index in [9.17, 15) is 4.79 Å². The SMILES string of the molecule is CCOc1ccccc1O[C@H](c1ccccc1)C1CCCN(C(=O)OC(C)(C)C)C1. The molecule has 5 heteroatoms. The molecule has 0 spiro atoms. The first-order chi connectivity index (χ1) is 14.4. The molecule has 1 aliphatic heterocycles. The minimum absolute atomic E-state index is 0.156. The average molecular weight is 412 g/mol. The van der Waals surface area contributed by atoms with Crippen molar-refractivity contribution in [3.63, 3.8) is 0 Å². The Morgan fingerprint density at radius 1 is 1.07 bits per heavy atom. The number of nitrogens with zero attached hydrogens (tertiary/aromatic N) is 1. The summed E-state index contributed by atoms with van der Waals surface area (Å²) in [6.45, 7) is 9.54. The van der Waals surface area contributed by atoms with Crippen LogP contribution in [0.2, 0.25) is 0 Å². The van der Waals surface area contributed by atoms with Crippen LogP contribution < -0.4 is 9.47 Å². The van der Waals surface area contributed by atoms with Crippen LogP contribution in [0.3, 0.4) is 0 Å². The van der Waals surface area contributed by atoms with Crippen molar-refractivity contribution in [2.24, 2.45) is 5.92 Å². The average Bonchev–Trinajstić information content (AvgIpc) is 2.73. The Morgan fingerprint density at radius 3 is 2.40 bits per heavy atom. The molecule has 0 saturated carbocycles. The van der Waals surface area contributed by atoms with E-state index in [0.717, 1.165) is 29.9 Å². The van der Waals surface area contributed by atoms with Crippen molar-refractivity contribution in [2.45, 2.75) is 52.2 Å². The fraction of sp³-hybridized carbons (Fsp3) is 0.480. The lowest BCUT2D eigenvalue weighted by atomic mass is 9.88. The first-order valence-electron chi connectivity index (χ1n) is 10.8. The number of amides is 1. The second-order valence-electron chi connectivity index (χ2n) is 8.66. The zero-order valence-corrected chi connectivity index (χ0v) is 18.5. The van der Waals surface area contributed by atoms with Crippen LogP contribution in [0.4, 0.5) is 4.79 Å². The van der Waals surface area contributed by atoms with Gasteiger partial charge in [-0.05, 0) is 58.2 Å². The Kier molecular flexibility index (Phi) is 7.24. The number of piperidine rings is 1. The third-order valence-electron chi connectivity index (χ3n) is 5.07. The molecule has 0 bridgehead atoms. The molecule has 1 aliphatic rings. The number of rotatable bonds is 6. The number of carbonyl (C=O) groups excluding carboxylic acids is 1. The summed E-state index contributed by atoms with van der Waals surface area (Å²) in [6, 6.07) is 18.0. The molecule has 30 heavy (non-hydrogen) atoms. The van der Waals surface area contributed by atoms with E-state index in [1.807, 2.05) is 75.1 Å². The second kappa shape index (κ2) is 9.88. The van der Waals surface area contributed by atoms with Crippen LogP contribution in [0.25, 0.3) is 0 Å². The Morgan fingerprint density at radius 2 is 1.73 bits per heavy atom. The van der Waals surface area contributed by atoms with Crippen molar-refractivity contribution in [3.05, 3.63) is 60.2 Å². The van der Waals surface area contributed by atoms with Crippen molar-refractivity contribution in [1.29, 1.82) is 0 Å². The smallest absolute Gasteiger partial charge is 0.410 e. The van der Waals surface area contributed by atoms with Gasteiger partial charge in [0.2, 0.25) is 0 Å². The van der Waals surface area contributed by atoms with Gasteiger partial charge in [0, 0.05) is 19.0 Å². The minimum Gasteiger partial charge on any atom is -0.490 e. The number of hydrogen-bond acceptors (Lipinski definition) is 4. The number of carbonyl (C=O) groups is 1. The summed E-state index contributed by atoms with van der Waals surface area (Å²) in [7, 11) is 0. The molecule has 2 aromatic rings. The van der Waals surface area contributed by atoms with Crippen molar-refractivity contribution in [3.8, 4) is 11.5 Å². The van der Waals surface area contributed by atoms with Gasteiger partial charge in [0.15, 0.2) is 11.5 Å². The van der Waals surface area contributed by atoms with Crippen LogP contribution >= 0.6 is 0 Å². The molecule has 1 amide bonds. The monoisotopic (exact) mass is 411 g/mol. The van der Waals surface area contributed by atoms with E-state index in [1.54, 1.807) is 0 Å². The number of hydrogen-bond donors (Lipinski definition) is 0. The van der Waals surface area contributed by atoms with Crippen molar-refractivity contribution < 1.29 is 19.0 Å². The molecule has 5 nitrogen and oxygen atoms in total. The van der Waals surface area contributed by atoms with E-state index in [1.165, 1.54) is 0 Å². The quantitative estimate of drug-likeness (QED) is 0.598. The Labute approximate surface area is 179 Å². The van der Waals surface area contributed by atoms with Gasteiger partial charge in [-0.2, -0.15) is 0 Å². The summed E-state index contributed by atoms with van der Waals surface area (Å²) in [5.41, 5.74) is 0.593. The molecule has 0 aromatic heterocycles. The van der Waals surface area contributed by atoms with Gasteiger partial charge >= 0.3 is 6.09 Å². The maximum atomic E-state index is 12.7. The fourth-order valence-corrected chi connectivity index (χ4v) is 3.79. The first kappa shape index (κ1) is 22.0. The molecule has 1 saturated heterocycles. The van der Waals surface area contributed by atoms with E-state index in [-0.39, 0.29) is 18.1 Å². The molecule has 1 heterocycles. The Hall–Kier alpha value is -2.69. The number of likely N-dealkylation sites (tertiary alicyclic amines) is 1. The van der Waals surface area contributed by atoms with E-state index >= 15 is 0 Å². The molecule has 3 rings (SSSR count). The number of benzene rings is 2. The minimum atomic E-state index is -0.504. The lowest BCUT2D eigenvalue weighted by Crippen LogP contribution is -2.44. The zero-order chi connectivity index (χ0) is 21.6. The highest BCUT2D eigenvalue weighted by Crippen LogP contribution is 2.37. The van der Waals surface area contributed by atoms with Gasteiger partial charge in [-0.25, -0.2) is 4.79 Å². The second-order valence-corrected chi connectivity index (χ2v) is 8.66. The maximum Gasteiger partial charge on any atom is 0.410 e. The topological polar surface area (TPSA) is 48.0 Å². The van der Waals surface area contributed by atoms with Gasteiger partial charge in [-0.1, -0.05) is 42.5 Å². The summed E-state index contributed by atoms with van der Waals surface area (Å²) in [5, 5.41) is 0. The zero-order valence-electron chi connectivity index (χ0n) is 18.5. The van der Waals surface area contributed by atoms with Crippen LogP contribution in [-0.2, 0) is 4.74 Å². The van der Waals surface area contributed by atoms with E-state index < -0.39 is 5.60 Å². The standard InChI is InChI=1S/C25H33NO4/c1-5-28-21-15-9-10-16-22(21)29-23(19-12-7-6-8-13-19)20-14-11-17-26(18-20)24(27)30-25(2,3)4/h6-10,12-13,15-16,20,23H,5,11,14,17-18H2,1-4H3/t20?,23-/m1/s1. The predicted octanol–water partition coefficient (Wildman–Crippen LogP) is 5.85. The van der Waals surface area contributed by atoms with Crippen LogP contribution in [0.15, 0.2) is 54.6 Å². The van der Waals surface area contributed by atoms with Crippen molar-refractivity contribution >= 4 is 6.09 Å². The molecule has 1 fully saturated rings. The molecule has 2 atom stereocenters. The summed E-state index contributed by atoms with van der Waals surface area (Å²) in [5.74, 6) is 1.62. The largest absolute Gasteiger partial charge is 0.490 e. The van der Waals surface area contributed by atoms with Gasteiger partial charge < -0.3 is 19.1 Å². The summed E-state index contributed by atoms with van der Waals surface area (Å²) >= 11 is 0. The molecule has 0 N–H and O–H groups in total. The predicted molar refractivity (Wildman–Crippen MR) is 118 cm³/mol. The number of ether oxygens (including phenoxy) is 3. The van der Waals surface area contributed by atoms with Gasteiger partial charge in [-0.3, -0.25) is 0 Å². The third-order valence-corrected chi connectivity index (χ3v) is 5.07. The fourth-order valence-electron chi connectivity index (χ4n) is 3.79.